The number of carbonyl (C=O) groups is 3. The predicted octanol–water partition coefficient (Wildman–Crippen LogP) is 1.65. The fourth-order valence-electron chi connectivity index (χ4n) is 2.34. The maximum Gasteiger partial charge on any atom is 0.330 e. The highest BCUT2D eigenvalue weighted by Crippen LogP contribution is 2.15. The molecule has 1 atom stereocenters. The molecule has 132 valence electrons. The number of aromatic amines is 1. The number of amides is 2. The molecule has 0 aliphatic carbocycles. The third kappa shape index (κ3) is 5.49. The molecular weight excluding hydrogens is 322 g/mol. The topological polar surface area (TPSA) is 114 Å². The molecule has 0 saturated heterocycles. The van der Waals surface area contributed by atoms with Gasteiger partial charge in [0.25, 0.3) is 5.91 Å². The molecule has 0 bridgehead atoms. The first-order valence-electron chi connectivity index (χ1n) is 8.01. The van der Waals surface area contributed by atoms with Gasteiger partial charge in [0, 0.05) is 29.4 Å². The summed E-state index contributed by atoms with van der Waals surface area (Å²) in [6, 6.07) is 8.75. The summed E-state index contributed by atoms with van der Waals surface area (Å²) in [6.07, 6.45) is 3.12. The number of ether oxygens (including phenoxy) is 1. The van der Waals surface area contributed by atoms with Crippen LogP contribution in [0.15, 0.2) is 42.5 Å². The van der Waals surface area contributed by atoms with E-state index in [1.165, 1.54) is 12.2 Å². The van der Waals surface area contributed by atoms with Crippen molar-refractivity contribution in [2.75, 3.05) is 6.61 Å². The Morgan fingerprint density at radius 1 is 1.32 bits per heavy atom. The van der Waals surface area contributed by atoms with Crippen molar-refractivity contribution in [1.82, 2.24) is 10.3 Å². The highest BCUT2D eigenvalue weighted by Gasteiger charge is 2.15. The van der Waals surface area contributed by atoms with Gasteiger partial charge in [-0.1, -0.05) is 24.3 Å². The highest BCUT2D eigenvalue weighted by molar-refractivity contribution is 5.98. The maximum absolute atomic E-state index is 12.4. The molecule has 7 heteroatoms. The van der Waals surface area contributed by atoms with Crippen LogP contribution in [0.4, 0.5) is 0 Å². The minimum absolute atomic E-state index is 0.0881. The molecule has 2 rings (SSSR count). The highest BCUT2D eigenvalue weighted by atomic mass is 16.5. The van der Waals surface area contributed by atoms with Crippen LogP contribution in [0.3, 0.4) is 0 Å². The Kier molecular flexibility index (Phi) is 6.33. The van der Waals surface area contributed by atoms with E-state index in [4.69, 9.17) is 10.5 Å². The van der Waals surface area contributed by atoms with Crippen molar-refractivity contribution >= 4 is 28.7 Å². The summed E-state index contributed by atoms with van der Waals surface area (Å²) in [6.45, 7) is 1.96. The van der Waals surface area contributed by atoms with E-state index >= 15 is 0 Å². The van der Waals surface area contributed by atoms with Crippen LogP contribution in [0.1, 0.15) is 30.3 Å². The SMILES string of the molecule is CCOC(=O)/C=C/C(CCC(N)=O)NC(=O)c1cc2ccccc2[nH]1. The molecule has 0 spiro atoms. The molecular formula is C18H21N3O4. The van der Waals surface area contributed by atoms with Gasteiger partial charge in [-0.2, -0.15) is 0 Å². The average molecular weight is 343 g/mol. The van der Waals surface area contributed by atoms with Gasteiger partial charge in [-0.3, -0.25) is 9.59 Å². The van der Waals surface area contributed by atoms with Crippen molar-refractivity contribution in [2.24, 2.45) is 5.73 Å². The van der Waals surface area contributed by atoms with Crippen LogP contribution in [0.5, 0.6) is 0 Å². The van der Waals surface area contributed by atoms with E-state index in [-0.39, 0.29) is 25.4 Å². The Morgan fingerprint density at radius 3 is 2.76 bits per heavy atom. The fraction of sp³-hybridized carbons (Fsp3) is 0.278. The Morgan fingerprint density at radius 2 is 2.08 bits per heavy atom. The zero-order valence-electron chi connectivity index (χ0n) is 14.0. The average Bonchev–Trinajstić information content (AvgIpc) is 3.01. The Labute approximate surface area is 145 Å². The van der Waals surface area contributed by atoms with E-state index in [1.807, 2.05) is 24.3 Å². The van der Waals surface area contributed by atoms with Gasteiger partial charge in [0.1, 0.15) is 5.69 Å². The number of esters is 1. The van der Waals surface area contributed by atoms with Gasteiger partial charge < -0.3 is 20.8 Å². The van der Waals surface area contributed by atoms with E-state index in [0.29, 0.717) is 5.69 Å². The Hall–Kier alpha value is -3.09. The molecule has 0 saturated carbocycles. The van der Waals surface area contributed by atoms with Crippen molar-refractivity contribution < 1.29 is 19.1 Å². The summed E-state index contributed by atoms with van der Waals surface area (Å²) in [5.74, 6) is -1.32. The van der Waals surface area contributed by atoms with Crippen molar-refractivity contribution in [2.45, 2.75) is 25.8 Å². The van der Waals surface area contributed by atoms with E-state index < -0.39 is 17.9 Å². The second-order valence-electron chi connectivity index (χ2n) is 5.47. The van der Waals surface area contributed by atoms with Crippen LogP contribution in [-0.4, -0.2) is 35.4 Å². The smallest absolute Gasteiger partial charge is 0.330 e. The first-order valence-corrected chi connectivity index (χ1v) is 8.01. The Balaban J connectivity index is 2.09. The van der Waals surface area contributed by atoms with Crippen LogP contribution in [0, 0.1) is 0 Å². The lowest BCUT2D eigenvalue weighted by Crippen LogP contribution is -2.34. The van der Waals surface area contributed by atoms with Crippen molar-refractivity contribution in [1.29, 1.82) is 0 Å². The summed E-state index contributed by atoms with van der Waals surface area (Å²) in [7, 11) is 0. The number of primary amides is 1. The molecule has 25 heavy (non-hydrogen) atoms. The number of fused-ring (bicyclic) bond motifs is 1. The van der Waals surface area contributed by atoms with Gasteiger partial charge in [-0.15, -0.1) is 0 Å². The van der Waals surface area contributed by atoms with Crippen LogP contribution >= 0.6 is 0 Å². The number of H-pyrrole nitrogens is 1. The first kappa shape index (κ1) is 18.3. The molecule has 4 N–H and O–H groups in total. The molecule has 1 unspecified atom stereocenters. The van der Waals surface area contributed by atoms with Crippen molar-refractivity contribution in [3.8, 4) is 0 Å². The second kappa shape index (κ2) is 8.68. The quantitative estimate of drug-likeness (QED) is 0.499. The van der Waals surface area contributed by atoms with Crippen molar-refractivity contribution in [3.63, 3.8) is 0 Å². The number of nitrogens with one attached hydrogen (secondary N) is 2. The summed E-state index contributed by atoms with van der Waals surface area (Å²) in [5.41, 5.74) is 6.41. The normalized spacial score (nSPS) is 12.2. The Bertz CT molecular complexity index is 761. The zero-order chi connectivity index (χ0) is 18.2. The minimum atomic E-state index is -0.518. The van der Waals surface area contributed by atoms with Crippen LogP contribution in [0.2, 0.25) is 0 Å². The van der Waals surface area contributed by atoms with Crippen LogP contribution in [0.25, 0.3) is 10.9 Å². The third-order valence-electron chi connectivity index (χ3n) is 3.54. The number of carbonyl (C=O) groups excluding carboxylic acids is 3. The molecule has 0 radical (unpaired) electrons. The predicted molar refractivity (Wildman–Crippen MR) is 93.8 cm³/mol. The molecule has 2 aromatic rings. The molecule has 2 amide bonds. The first-order chi connectivity index (χ1) is 12.0. The number of para-hydroxylation sites is 1. The lowest BCUT2D eigenvalue weighted by Gasteiger charge is -2.13. The number of hydrogen-bond donors (Lipinski definition) is 3. The van der Waals surface area contributed by atoms with E-state index in [0.717, 1.165) is 10.9 Å². The van der Waals surface area contributed by atoms with Gasteiger partial charge in [0.05, 0.1) is 6.61 Å². The number of rotatable bonds is 8. The molecule has 1 aromatic heterocycles. The van der Waals surface area contributed by atoms with Gasteiger partial charge in [-0.05, 0) is 25.5 Å². The van der Waals surface area contributed by atoms with Gasteiger partial charge in [0.15, 0.2) is 0 Å². The fourth-order valence-corrected chi connectivity index (χ4v) is 2.34. The summed E-state index contributed by atoms with van der Waals surface area (Å²) < 4.78 is 4.81. The number of nitrogens with two attached hydrogens (primary N) is 1. The van der Waals surface area contributed by atoms with Crippen molar-refractivity contribution in [3.05, 3.63) is 48.2 Å². The molecule has 0 aliphatic heterocycles. The standard InChI is InChI=1S/C18H21N3O4/c1-2-25-17(23)10-8-13(7-9-16(19)22)20-18(24)15-11-12-5-3-4-6-14(12)21-15/h3-6,8,10-11,13,21H,2,7,9H2,1H3,(H2,19,22)(H,20,24)/b10-8+. The summed E-state index contributed by atoms with van der Waals surface area (Å²) >= 11 is 0. The number of benzene rings is 1. The van der Waals surface area contributed by atoms with E-state index in [2.05, 4.69) is 10.3 Å². The van der Waals surface area contributed by atoms with E-state index in [9.17, 15) is 14.4 Å². The molecule has 1 heterocycles. The second-order valence-corrected chi connectivity index (χ2v) is 5.47. The molecule has 7 nitrogen and oxygen atoms in total. The largest absolute Gasteiger partial charge is 0.463 e. The number of hydrogen-bond acceptors (Lipinski definition) is 4. The number of aromatic nitrogens is 1. The van der Waals surface area contributed by atoms with E-state index in [1.54, 1.807) is 13.0 Å². The summed E-state index contributed by atoms with van der Waals surface area (Å²) in [4.78, 5) is 37.9. The summed E-state index contributed by atoms with van der Waals surface area (Å²) in [5, 5.41) is 3.69. The van der Waals surface area contributed by atoms with Gasteiger partial charge in [0.2, 0.25) is 5.91 Å². The van der Waals surface area contributed by atoms with Gasteiger partial charge in [-0.25, -0.2) is 4.79 Å². The van der Waals surface area contributed by atoms with Gasteiger partial charge >= 0.3 is 5.97 Å². The minimum Gasteiger partial charge on any atom is -0.463 e. The molecule has 0 aliphatic rings. The van der Waals surface area contributed by atoms with Crippen LogP contribution in [-0.2, 0) is 14.3 Å². The monoisotopic (exact) mass is 343 g/mol. The molecule has 1 aromatic carbocycles. The molecule has 0 fully saturated rings. The zero-order valence-corrected chi connectivity index (χ0v) is 14.0. The van der Waals surface area contributed by atoms with Crippen LogP contribution < -0.4 is 11.1 Å². The lowest BCUT2D eigenvalue weighted by atomic mass is 10.1. The maximum atomic E-state index is 12.4. The third-order valence-corrected chi connectivity index (χ3v) is 3.54. The lowest BCUT2D eigenvalue weighted by molar-refractivity contribution is -0.137.